The Balaban J connectivity index is 4.78. The topological polar surface area (TPSA) is 34.1 Å². The van der Waals surface area contributed by atoms with E-state index in [1.807, 2.05) is 0 Å². The molecule has 0 fully saturated rings. The third-order valence-corrected chi connectivity index (χ3v) is 4.74. The highest BCUT2D eigenvalue weighted by molar-refractivity contribution is 7.92. The van der Waals surface area contributed by atoms with E-state index in [0.29, 0.717) is 0 Å². The molecule has 0 radical (unpaired) electrons. The van der Waals surface area contributed by atoms with Crippen molar-refractivity contribution in [2.45, 2.75) is 49.5 Å². The number of sulfone groups is 1. The molecule has 2 atom stereocenters. The van der Waals surface area contributed by atoms with Crippen LogP contribution in [-0.2, 0) is 9.84 Å². The summed E-state index contributed by atoms with van der Waals surface area (Å²) < 4.78 is 94.5. The largest absolute Gasteiger partial charge is 0.390 e. The smallest absolute Gasteiger partial charge is 0.228 e. The fraction of sp³-hybridized carbons (Fsp3) is 1.00. The fourth-order valence-corrected chi connectivity index (χ4v) is 2.92. The molecule has 0 N–H and O–H groups in total. The summed E-state index contributed by atoms with van der Waals surface area (Å²) in [4.78, 5) is 0. The molecule has 2 nitrogen and oxygen atoms in total. The molecule has 9 heteroatoms. The van der Waals surface area contributed by atoms with Crippen molar-refractivity contribution in [2.24, 2.45) is 0 Å². The van der Waals surface area contributed by atoms with Gasteiger partial charge in [0.15, 0.2) is 9.84 Å². The summed E-state index contributed by atoms with van der Waals surface area (Å²) in [5.74, 6) is 0. The fourth-order valence-electron chi connectivity index (χ4n) is 1.28. The first-order valence-corrected chi connectivity index (χ1v) is 6.23. The summed E-state index contributed by atoms with van der Waals surface area (Å²) in [6, 6.07) is 0. The number of hydrogen-bond donors (Lipinski definition) is 0. The lowest BCUT2D eigenvalue weighted by Crippen LogP contribution is -2.34. The Morgan fingerprint density at radius 3 is 1.24 bits per heavy atom. The van der Waals surface area contributed by atoms with Gasteiger partial charge in [-0.15, -0.1) is 0 Å². The molecule has 0 aromatic rings. The summed E-state index contributed by atoms with van der Waals surface area (Å²) in [5, 5.41) is -3.75. The molecule has 0 saturated carbocycles. The van der Waals surface area contributed by atoms with Gasteiger partial charge in [-0.05, 0) is 13.8 Å². The van der Waals surface area contributed by atoms with Crippen molar-refractivity contribution >= 4 is 9.84 Å². The standard InChI is InChI=1S/C8H12F6O2S/c1-5(3-7(9,10)11)17(15,16)6(2)4-8(12,13)14/h5-6H,3-4H2,1-2H3. The van der Waals surface area contributed by atoms with Gasteiger partial charge in [-0.3, -0.25) is 0 Å². The molecule has 0 rings (SSSR count). The zero-order chi connectivity index (χ0) is 14.1. The Morgan fingerprint density at radius 1 is 0.824 bits per heavy atom. The molecule has 0 bridgehead atoms. The summed E-state index contributed by atoms with van der Waals surface area (Å²) in [7, 11) is -4.45. The Hall–Kier alpha value is -0.470. The normalized spacial score (nSPS) is 17.9. The molecule has 0 aliphatic heterocycles. The number of halogens is 6. The molecule has 0 spiro atoms. The Morgan fingerprint density at radius 2 is 1.06 bits per heavy atom. The SMILES string of the molecule is CC(CC(F)(F)F)S(=O)(=O)C(C)CC(F)(F)F. The summed E-state index contributed by atoms with van der Waals surface area (Å²) in [6.07, 6.45) is -12.7. The van der Waals surface area contributed by atoms with Crippen LogP contribution in [0.2, 0.25) is 0 Å². The molecule has 2 unspecified atom stereocenters. The van der Waals surface area contributed by atoms with E-state index in [9.17, 15) is 34.8 Å². The molecule has 0 amide bonds. The molecule has 0 aliphatic rings. The number of alkyl halides is 6. The second kappa shape index (κ2) is 5.03. The van der Waals surface area contributed by atoms with E-state index in [1.165, 1.54) is 0 Å². The maximum atomic E-state index is 12.0. The molecule has 0 heterocycles. The summed E-state index contributed by atoms with van der Waals surface area (Å²) in [6.45, 7) is 1.52. The zero-order valence-corrected chi connectivity index (χ0v) is 9.88. The molecule has 0 aromatic carbocycles. The van der Waals surface area contributed by atoms with Gasteiger partial charge in [-0.1, -0.05) is 0 Å². The minimum absolute atomic E-state index is 0.760. The maximum absolute atomic E-state index is 12.0. The summed E-state index contributed by atoms with van der Waals surface area (Å²) in [5.41, 5.74) is 0. The average molecular weight is 286 g/mol. The van der Waals surface area contributed by atoms with E-state index in [0.717, 1.165) is 13.8 Å². The molecule has 0 aromatic heterocycles. The predicted octanol–water partition coefficient (Wildman–Crippen LogP) is 3.08. The van der Waals surface area contributed by atoms with Crippen molar-refractivity contribution in [1.29, 1.82) is 0 Å². The van der Waals surface area contributed by atoms with Crippen LogP contribution in [0, 0.1) is 0 Å². The van der Waals surface area contributed by atoms with E-state index in [-0.39, 0.29) is 0 Å². The molecule has 104 valence electrons. The molecule has 17 heavy (non-hydrogen) atoms. The number of hydrogen-bond acceptors (Lipinski definition) is 2. The van der Waals surface area contributed by atoms with E-state index < -0.39 is 45.5 Å². The minimum Gasteiger partial charge on any atom is -0.228 e. The first-order valence-electron chi connectivity index (χ1n) is 4.62. The second-order valence-corrected chi connectivity index (χ2v) is 6.64. The molecule has 0 saturated heterocycles. The van der Waals surface area contributed by atoms with Gasteiger partial charge in [0.25, 0.3) is 0 Å². The van der Waals surface area contributed by atoms with Crippen molar-refractivity contribution in [3.05, 3.63) is 0 Å². The van der Waals surface area contributed by atoms with E-state index in [1.54, 1.807) is 0 Å². The van der Waals surface area contributed by atoms with Crippen molar-refractivity contribution in [3.8, 4) is 0 Å². The zero-order valence-electron chi connectivity index (χ0n) is 9.06. The highest BCUT2D eigenvalue weighted by atomic mass is 32.2. The van der Waals surface area contributed by atoms with Crippen LogP contribution in [-0.4, -0.2) is 31.3 Å². The van der Waals surface area contributed by atoms with Gasteiger partial charge in [0.1, 0.15) is 0 Å². The van der Waals surface area contributed by atoms with Crippen molar-refractivity contribution in [2.75, 3.05) is 0 Å². The Bertz CT molecular complexity index is 314. The molecule has 0 aliphatic carbocycles. The number of rotatable bonds is 4. The first kappa shape index (κ1) is 16.5. The van der Waals surface area contributed by atoms with Gasteiger partial charge < -0.3 is 0 Å². The van der Waals surface area contributed by atoms with Crippen LogP contribution >= 0.6 is 0 Å². The predicted molar refractivity (Wildman–Crippen MR) is 49.2 cm³/mol. The Kier molecular flexibility index (Phi) is 4.89. The highest BCUT2D eigenvalue weighted by Crippen LogP contribution is 2.30. The van der Waals surface area contributed by atoms with E-state index in [4.69, 9.17) is 0 Å². The maximum Gasteiger partial charge on any atom is 0.390 e. The van der Waals surface area contributed by atoms with E-state index in [2.05, 4.69) is 0 Å². The van der Waals surface area contributed by atoms with Crippen LogP contribution in [0.15, 0.2) is 0 Å². The van der Waals surface area contributed by atoms with Crippen molar-refractivity contribution < 1.29 is 34.8 Å². The van der Waals surface area contributed by atoms with Gasteiger partial charge in [0, 0.05) is 0 Å². The lowest BCUT2D eigenvalue weighted by atomic mass is 10.3. The second-order valence-electron chi connectivity index (χ2n) is 3.85. The van der Waals surface area contributed by atoms with Gasteiger partial charge in [-0.2, -0.15) is 26.3 Å². The van der Waals surface area contributed by atoms with Crippen LogP contribution < -0.4 is 0 Å². The van der Waals surface area contributed by atoms with Crippen LogP contribution in [0.25, 0.3) is 0 Å². The molecular weight excluding hydrogens is 274 g/mol. The Labute approximate surface area is 94.9 Å². The van der Waals surface area contributed by atoms with Crippen LogP contribution in [0.5, 0.6) is 0 Å². The van der Waals surface area contributed by atoms with Crippen molar-refractivity contribution in [1.82, 2.24) is 0 Å². The van der Waals surface area contributed by atoms with Gasteiger partial charge >= 0.3 is 12.4 Å². The first-order chi connectivity index (χ1) is 7.26. The third-order valence-electron chi connectivity index (χ3n) is 2.16. The molecular formula is C8H12F6O2S. The average Bonchev–Trinajstić information content (AvgIpc) is 1.96. The highest BCUT2D eigenvalue weighted by Gasteiger charge is 2.41. The van der Waals surface area contributed by atoms with Gasteiger partial charge in [-0.25, -0.2) is 8.42 Å². The van der Waals surface area contributed by atoms with E-state index >= 15 is 0 Å². The quantitative estimate of drug-likeness (QED) is 0.744. The monoisotopic (exact) mass is 286 g/mol. The minimum atomic E-state index is -4.72. The third kappa shape index (κ3) is 6.13. The van der Waals surface area contributed by atoms with Gasteiger partial charge in [0.2, 0.25) is 0 Å². The van der Waals surface area contributed by atoms with Crippen LogP contribution in [0.1, 0.15) is 26.7 Å². The van der Waals surface area contributed by atoms with Gasteiger partial charge in [0.05, 0.1) is 23.3 Å². The lowest BCUT2D eigenvalue weighted by Gasteiger charge is -2.20. The lowest BCUT2D eigenvalue weighted by molar-refractivity contribution is -0.134. The van der Waals surface area contributed by atoms with Crippen LogP contribution in [0.3, 0.4) is 0 Å². The van der Waals surface area contributed by atoms with Crippen molar-refractivity contribution in [3.63, 3.8) is 0 Å². The van der Waals surface area contributed by atoms with Crippen LogP contribution in [0.4, 0.5) is 26.3 Å². The summed E-state index contributed by atoms with van der Waals surface area (Å²) >= 11 is 0.